The molecule has 4 saturated carbocycles. The van der Waals surface area contributed by atoms with Crippen LogP contribution in [-0.2, 0) is 25.7 Å². The number of carboxylic acid groups (broad SMARTS) is 1. The van der Waals surface area contributed by atoms with Gasteiger partial charge in [0.15, 0.2) is 12.2 Å². The molecule has 10 nitrogen and oxygen atoms in total. The Balaban J connectivity index is 1.28. The Morgan fingerprint density at radius 1 is 0.982 bits per heavy atom. The number of fused-ring (bicyclic) bond motifs is 7. The highest BCUT2D eigenvalue weighted by Crippen LogP contribution is 2.77. The average molecular weight is 766 g/mol. The average Bonchev–Trinajstić information content (AvgIpc) is 3.70. The summed E-state index contributed by atoms with van der Waals surface area (Å²) in [5, 5.41) is 22.2. The smallest absolute Gasteiger partial charge is 0.309 e. The van der Waals surface area contributed by atoms with Crippen molar-refractivity contribution in [3.63, 3.8) is 0 Å². The fourth-order valence-corrected chi connectivity index (χ4v) is 13.4. The number of ketones is 1. The van der Waals surface area contributed by atoms with Crippen LogP contribution < -0.4 is 0 Å². The second kappa shape index (κ2) is 14.7. The summed E-state index contributed by atoms with van der Waals surface area (Å²) < 4.78 is 11.8. The Morgan fingerprint density at radius 2 is 1.69 bits per heavy atom. The minimum atomic E-state index is -1.17. The van der Waals surface area contributed by atoms with E-state index in [1.165, 1.54) is 12.0 Å². The number of aromatic nitrogens is 1. The number of aliphatic carboxylic acids is 1. The molecule has 0 spiro atoms. The quantitative estimate of drug-likeness (QED) is 0.192. The lowest BCUT2D eigenvalue weighted by atomic mass is 9.33. The Labute approximate surface area is 330 Å². The minimum Gasteiger partial charge on any atom is -0.481 e. The number of carbonyl (C=O) groups excluding carboxylic acids is 2. The molecular formula is C45H71N3O7. The molecule has 5 aliphatic rings. The van der Waals surface area contributed by atoms with Crippen LogP contribution in [0.4, 0.5) is 0 Å². The molecule has 10 heteroatoms. The van der Waals surface area contributed by atoms with Gasteiger partial charge in [-0.1, -0.05) is 54.0 Å². The van der Waals surface area contributed by atoms with Crippen LogP contribution in [0, 0.1) is 56.2 Å². The number of oxazole rings is 1. The van der Waals surface area contributed by atoms with Gasteiger partial charge in [0.25, 0.3) is 0 Å². The van der Waals surface area contributed by atoms with Gasteiger partial charge in [0.2, 0.25) is 0 Å². The van der Waals surface area contributed by atoms with Crippen molar-refractivity contribution in [1.29, 1.82) is 0 Å². The van der Waals surface area contributed by atoms with Gasteiger partial charge in [0.05, 0.1) is 30.7 Å². The van der Waals surface area contributed by atoms with E-state index in [2.05, 4.69) is 77.3 Å². The predicted molar refractivity (Wildman–Crippen MR) is 212 cm³/mol. The second-order valence-corrected chi connectivity index (χ2v) is 21.1. The number of rotatable bonds is 13. The van der Waals surface area contributed by atoms with E-state index in [-0.39, 0.29) is 51.8 Å². The van der Waals surface area contributed by atoms with Crippen LogP contribution in [0.25, 0.3) is 0 Å². The predicted octanol–water partition coefficient (Wildman–Crippen LogP) is 7.79. The third kappa shape index (κ3) is 6.96. The Hall–Kier alpha value is -2.56. The van der Waals surface area contributed by atoms with Crippen LogP contribution in [0.3, 0.4) is 0 Å². The number of likely N-dealkylation sites (N-methyl/N-ethyl adjacent to an activating group) is 1. The van der Waals surface area contributed by atoms with Gasteiger partial charge in [-0.15, -0.1) is 0 Å². The minimum absolute atomic E-state index is 0.0342. The summed E-state index contributed by atoms with van der Waals surface area (Å²) in [5.41, 5.74) is 0.335. The lowest BCUT2D eigenvalue weighted by molar-refractivity contribution is -0.235. The zero-order chi connectivity index (χ0) is 40.5. The van der Waals surface area contributed by atoms with Crippen LogP contribution in [0.15, 0.2) is 28.2 Å². The molecule has 1 aromatic heterocycles. The zero-order valence-corrected chi connectivity index (χ0v) is 35.8. The first-order chi connectivity index (χ1) is 25.5. The molecule has 0 radical (unpaired) electrons. The molecule has 1 heterocycles. The zero-order valence-electron chi connectivity index (χ0n) is 35.8. The van der Waals surface area contributed by atoms with E-state index in [1.54, 1.807) is 20.0 Å². The monoisotopic (exact) mass is 766 g/mol. The van der Waals surface area contributed by atoms with E-state index in [1.807, 2.05) is 0 Å². The molecule has 0 saturated heterocycles. The molecule has 4 fully saturated rings. The van der Waals surface area contributed by atoms with Crippen molar-refractivity contribution < 1.29 is 33.8 Å². The molecule has 0 aromatic carbocycles. The number of ether oxygens (including phenoxy) is 1. The summed E-state index contributed by atoms with van der Waals surface area (Å²) in [7, 11) is 4.12. The lowest BCUT2D eigenvalue weighted by Gasteiger charge is -2.72. The lowest BCUT2D eigenvalue weighted by Crippen LogP contribution is -2.66. The van der Waals surface area contributed by atoms with Crippen molar-refractivity contribution in [2.24, 2.45) is 56.2 Å². The molecule has 308 valence electrons. The molecular weight excluding hydrogens is 695 g/mol. The maximum Gasteiger partial charge on any atom is 0.309 e. The normalized spacial score (nSPS) is 36.4. The number of allylic oxidation sites excluding steroid dienone is 1. The van der Waals surface area contributed by atoms with Crippen molar-refractivity contribution in [1.82, 2.24) is 14.8 Å². The van der Waals surface area contributed by atoms with E-state index in [9.17, 15) is 24.6 Å². The number of Topliss-reactive ketones (excluding diaryl/α,β-unsaturated/α-hetero) is 1. The molecule has 0 amide bonds. The summed E-state index contributed by atoms with van der Waals surface area (Å²) in [6.07, 6.45) is 10.3. The summed E-state index contributed by atoms with van der Waals surface area (Å²) in [4.78, 5) is 47.7. The molecule has 2 N–H and O–H groups in total. The van der Waals surface area contributed by atoms with Gasteiger partial charge in [-0.2, -0.15) is 0 Å². The summed E-state index contributed by atoms with van der Waals surface area (Å²) >= 11 is 0. The van der Waals surface area contributed by atoms with Gasteiger partial charge in [0, 0.05) is 36.9 Å². The van der Waals surface area contributed by atoms with E-state index >= 15 is 0 Å². The fourth-order valence-electron chi connectivity index (χ4n) is 13.4. The molecule has 6 rings (SSSR count). The number of carboxylic acids is 1. The summed E-state index contributed by atoms with van der Waals surface area (Å²) in [6.45, 7) is 22.3. The number of hydrogen-bond donors (Lipinski definition) is 2. The highest BCUT2D eigenvalue weighted by molar-refractivity contribution is 6.00. The van der Waals surface area contributed by atoms with E-state index in [0.29, 0.717) is 31.3 Å². The van der Waals surface area contributed by atoms with Crippen molar-refractivity contribution in [2.45, 2.75) is 145 Å². The van der Waals surface area contributed by atoms with Crippen LogP contribution >= 0.6 is 0 Å². The second-order valence-electron chi connectivity index (χ2n) is 21.1. The molecule has 1 unspecified atom stereocenters. The summed E-state index contributed by atoms with van der Waals surface area (Å²) in [5.74, 6) is 0.745. The van der Waals surface area contributed by atoms with Crippen molar-refractivity contribution in [2.75, 3.05) is 33.7 Å². The molecule has 5 aliphatic carbocycles. The van der Waals surface area contributed by atoms with Crippen molar-refractivity contribution in [3.05, 3.63) is 29.5 Å². The molecule has 0 aliphatic heterocycles. The first kappa shape index (κ1) is 42.1. The maximum absolute atomic E-state index is 14.2. The van der Waals surface area contributed by atoms with Gasteiger partial charge in [-0.25, -0.2) is 4.98 Å². The SMILES string of the molecule is CC(C)C1=C2[C@H]3CC[C@@H]4C5(C)CC[C@H](OC(=O)CC(C)(C)C(=O)O)C(C)(C)[C@@H]5CC[C@@]4(C)[C@]3(C)CC[C@@]2([C@@H](O)CN(CCN(C)C)Cc2cnco2)CC1=O. The fraction of sp³-hybridized carbons (Fsp3) is 0.822. The van der Waals surface area contributed by atoms with Crippen LogP contribution in [-0.4, -0.2) is 88.7 Å². The van der Waals surface area contributed by atoms with Crippen molar-refractivity contribution >= 4 is 17.7 Å². The highest BCUT2D eigenvalue weighted by atomic mass is 16.5. The third-order valence-electron chi connectivity index (χ3n) is 16.7. The van der Waals surface area contributed by atoms with Crippen molar-refractivity contribution in [3.8, 4) is 0 Å². The topological polar surface area (TPSA) is 133 Å². The molecule has 0 bridgehead atoms. The number of aliphatic hydroxyl groups excluding tert-OH is 1. The largest absolute Gasteiger partial charge is 0.481 e. The van der Waals surface area contributed by atoms with E-state index in [4.69, 9.17) is 9.15 Å². The van der Waals surface area contributed by atoms with Crippen LogP contribution in [0.1, 0.15) is 132 Å². The number of hydrogen-bond acceptors (Lipinski definition) is 9. The standard InChI is InChI=1S/C45H71N3O7/c1-28(2)37-31(49)22-45(34(50)26-48(21-20-47(10)11)25-29-24-46-27-54-29)19-18-43(8)30(38(37)45)12-13-33-42(7)16-15-35(55-36(51)23-40(3,4)39(52)53)41(5,6)32(42)14-17-44(33,43)9/h24,27-28,30,32-35,50H,12-23,25-26H2,1-11H3,(H,52,53)/t30-,32+,33-,34+,35+,42?,43-,44-,45+/m1/s1. The van der Waals surface area contributed by atoms with Gasteiger partial charge in [-0.3, -0.25) is 19.3 Å². The molecule has 1 aromatic rings. The molecule has 9 atom stereocenters. The third-order valence-corrected chi connectivity index (χ3v) is 16.7. The number of carbonyl (C=O) groups is 3. The van der Waals surface area contributed by atoms with Gasteiger partial charge in [-0.05, 0) is 125 Å². The number of esters is 1. The van der Waals surface area contributed by atoms with E-state index < -0.39 is 28.9 Å². The van der Waals surface area contributed by atoms with Gasteiger partial charge in [0.1, 0.15) is 11.9 Å². The van der Waals surface area contributed by atoms with Crippen LogP contribution in [0.5, 0.6) is 0 Å². The first-order valence-corrected chi connectivity index (χ1v) is 21.2. The Morgan fingerprint density at radius 3 is 2.31 bits per heavy atom. The summed E-state index contributed by atoms with van der Waals surface area (Å²) in [6, 6.07) is 0. The van der Waals surface area contributed by atoms with Gasteiger partial charge < -0.3 is 24.3 Å². The Bertz CT molecular complexity index is 1650. The van der Waals surface area contributed by atoms with Crippen LogP contribution in [0.2, 0.25) is 0 Å². The Kier molecular flexibility index (Phi) is 11.2. The number of nitrogens with zero attached hydrogens (tertiary/aromatic N) is 3. The number of aliphatic hydroxyl groups is 1. The first-order valence-electron chi connectivity index (χ1n) is 21.2. The van der Waals surface area contributed by atoms with Gasteiger partial charge >= 0.3 is 11.9 Å². The van der Waals surface area contributed by atoms with E-state index in [0.717, 1.165) is 75.8 Å². The highest BCUT2D eigenvalue weighted by Gasteiger charge is 2.71. The molecule has 55 heavy (non-hydrogen) atoms. The maximum atomic E-state index is 14.2.